The minimum atomic E-state index is -0.250. The van der Waals surface area contributed by atoms with Crippen LogP contribution in [0.2, 0.25) is 0 Å². The van der Waals surface area contributed by atoms with Crippen LogP contribution < -0.4 is 5.73 Å². The zero-order chi connectivity index (χ0) is 12.3. The van der Waals surface area contributed by atoms with Gasteiger partial charge < -0.3 is 10.8 Å². The van der Waals surface area contributed by atoms with Gasteiger partial charge >= 0.3 is 0 Å². The van der Waals surface area contributed by atoms with Crippen LogP contribution in [0.3, 0.4) is 0 Å². The van der Waals surface area contributed by atoms with Crippen LogP contribution in [-0.4, -0.2) is 17.1 Å². The molecule has 0 amide bonds. The molecule has 0 spiro atoms. The lowest BCUT2D eigenvalue weighted by Crippen LogP contribution is -2.39. The number of hydrogen-bond acceptors (Lipinski definition) is 2. The molecule has 0 heterocycles. The first-order valence-corrected chi connectivity index (χ1v) is 5.76. The maximum atomic E-state index is 8.36. The van der Waals surface area contributed by atoms with E-state index in [1.807, 2.05) is 0 Å². The van der Waals surface area contributed by atoms with Crippen molar-refractivity contribution in [3.05, 3.63) is 0 Å². The molecule has 3 heteroatoms. The Bertz CT molecular complexity index is 141. The molecule has 0 radical (unpaired) electrons. The largest absolute Gasteiger partial charge is 0.483 e. The summed E-state index contributed by atoms with van der Waals surface area (Å²) >= 11 is 0. The second kappa shape index (κ2) is 9.97. The molecule has 0 saturated heterocycles. The molecular weight excluding hydrogens is 190 g/mol. The van der Waals surface area contributed by atoms with Gasteiger partial charge in [0.15, 0.2) is 0 Å². The summed E-state index contributed by atoms with van der Waals surface area (Å²) in [6, 6.07) is 0. The fraction of sp³-hybridized carbons (Fsp3) is 0.917. The Morgan fingerprint density at radius 1 is 1.33 bits per heavy atom. The molecule has 3 N–H and O–H groups in total. The Morgan fingerprint density at radius 2 is 1.80 bits per heavy atom. The minimum absolute atomic E-state index is 0.00617. The van der Waals surface area contributed by atoms with Crippen molar-refractivity contribution in [3.63, 3.8) is 0 Å². The summed E-state index contributed by atoms with van der Waals surface area (Å²) < 4.78 is 0. The summed E-state index contributed by atoms with van der Waals surface area (Å²) in [4.78, 5) is 8.36. The topological polar surface area (TPSA) is 63.3 Å². The Morgan fingerprint density at radius 3 is 2.13 bits per heavy atom. The van der Waals surface area contributed by atoms with Gasteiger partial charge in [0.1, 0.15) is 0 Å². The number of hydrogen-bond donors (Lipinski definition) is 2. The zero-order valence-corrected chi connectivity index (χ0v) is 10.6. The summed E-state index contributed by atoms with van der Waals surface area (Å²) in [6.07, 6.45) is 6.69. The normalized spacial score (nSPS) is 12.6. The van der Waals surface area contributed by atoms with Gasteiger partial charge in [0.2, 0.25) is 0 Å². The number of unbranched alkanes of at least 4 members (excludes halogenated alkanes) is 3. The van der Waals surface area contributed by atoms with Crippen molar-refractivity contribution >= 4 is 6.47 Å². The molecule has 1 unspecified atom stereocenters. The smallest absolute Gasteiger partial charge is 0.290 e. The molecule has 0 bridgehead atoms. The lowest BCUT2D eigenvalue weighted by Gasteiger charge is -2.27. The van der Waals surface area contributed by atoms with Crippen LogP contribution in [0.25, 0.3) is 0 Å². The zero-order valence-electron chi connectivity index (χ0n) is 10.6. The van der Waals surface area contributed by atoms with E-state index in [-0.39, 0.29) is 12.0 Å². The summed E-state index contributed by atoms with van der Waals surface area (Å²) in [6.45, 7) is 8.50. The van der Waals surface area contributed by atoms with E-state index in [9.17, 15) is 0 Å². The first-order chi connectivity index (χ1) is 6.90. The lowest BCUT2D eigenvalue weighted by molar-refractivity contribution is -0.122. The predicted octanol–water partition coefficient (Wildman–Crippen LogP) is 3.03. The Kier molecular flexibility index (Phi) is 11.2. The van der Waals surface area contributed by atoms with Gasteiger partial charge in [-0.05, 0) is 26.2 Å². The van der Waals surface area contributed by atoms with Crippen LogP contribution in [0.4, 0.5) is 0 Å². The average Bonchev–Trinajstić information content (AvgIpc) is 2.12. The molecule has 1 atom stereocenters. The van der Waals surface area contributed by atoms with Crippen molar-refractivity contribution < 1.29 is 9.90 Å². The van der Waals surface area contributed by atoms with Crippen molar-refractivity contribution in [1.29, 1.82) is 0 Å². The summed E-state index contributed by atoms with van der Waals surface area (Å²) in [7, 11) is 0. The highest BCUT2D eigenvalue weighted by Gasteiger charge is 2.19. The van der Waals surface area contributed by atoms with E-state index in [4.69, 9.17) is 15.6 Å². The second-order valence-electron chi connectivity index (χ2n) is 4.68. The number of rotatable bonds is 6. The third kappa shape index (κ3) is 13.4. The van der Waals surface area contributed by atoms with Gasteiger partial charge in [-0.1, -0.05) is 39.5 Å². The lowest BCUT2D eigenvalue weighted by atomic mass is 9.86. The van der Waals surface area contributed by atoms with Crippen molar-refractivity contribution in [3.8, 4) is 0 Å². The quantitative estimate of drug-likeness (QED) is 0.531. The molecule has 0 aliphatic carbocycles. The van der Waals surface area contributed by atoms with Crippen molar-refractivity contribution in [2.45, 2.75) is 65.3 Å². The second-order valence-corrected chi connectivity index (χ2v) is 4.68. The predicted molar refractivity (Wildman–Crippen MR) is 64.9 cm³/mol. The highest BCUT2D eigenvalue weighted by atomic mass is 16.3. The monoisotopic (exact) mass is 217 g/mol. The summed E-state index contributed by atoms with van der Waals surface area (Å²) in [5, 5.41) is 6.89. The van der Waals surface area contributed by atoms with Gasteiger partial charge in [0.05, 0.1) is 0 Å². The van der Waals surface area contributed by atoms with E-state index in [0.717, 1.165) is 0 Å². The van der Waals surface area contributed by atoms with Gasteiger partial charge in [-0.15, -0.1) is 0 Å². The first-order valence-electron chi connectivity index (χ1n) is 5.76. The van der Waals surface area contributed by atoms with E-state index in [1.165, 1.54) is 32.1 Å². The molecule has 0 rings (SSSR count). The van der Waals surface area contributed by atoms with Crippen molar-refractivity contribution in [1.82, 2.24) is 0 Å². The SMILES string of the molecule is CCCCCCC(C)C(C)(C)N.O=CO. The van der Waals surface area contributed by atoms with Crippen molar-refractivity contribution in [2.75, 3.05) is 0 Å². The molecule has 15 heavy (non-hydrogen) atoms. The van der Waals surface area contributed by atoms with Gasteiger partial charge in [-0.2, -0.15) is 0 Å². The van der Waals surface area contributed by atoms with Gasteiger partial charge in [-0.3, -0.25) is 4.79 Å². The minimum Gasteiger partial charge on any atom is -0.483 e. The molecule has 3 nitrogen and oxygen atoms in total. The van der Waals surface area contributed by atoms with Gasteiger partial charge in [-0.25, -0.2) is 0 Å². The van der Waals surface area contributed by atoms with Crippen molar-refractivity contribution in [2.24, 2.45) is 11.7 Å². The number of carbonyl (C=O) groups is 1. The van der Waals surface area contributed by atoms with E-state index >= 15 is 0 Å². The number of carboxylic acid groups (broad SMARTS) is 1. The maximum Gasteiger partial charge on any atom is 0.290 e. The van der Waals surface area contributed by atoms with Crippen LogP contribution >= 0.6 is 0 Å². The molecular formula is C12H27NO2. The van der Waals surface area contributed by atoms with Crippen LogP contribution in [0.1, 0.15) is 59.8 Å². The molecule has 0 fully saturated rings. The molecule has 0 aromatic carbocycles. The maximum absolute atomic E-state index is 8.36. The highest BCUT2D eigenvalue weighted by molar-refractivity contribution is 5.32. The van der Waals surface area contributed by atoms with E-state index in [2.05, 4.69) is 27.7 Å². The molecule has 0 saturated carbocycles. The fourth-order valence-electron chi connectivity index (χ4n) is 1.25. The standard InChI is InChI=1S/C11H25N.CH2O2/c1-5-6-7-8-9-10(2)11(3,4)12;2-1-3/h10H,5-9,12H2,1-4H3;1H,(H,2,3). The van der Waals surface area contributed by atoms with Crippen LogP contribution in [0.5, 0.6) is 0 Å². The average molecular weight is 217 g/mol. The third-order valence-corrected chi connectivity index (χ3v) is 2.76. The molecule has 0 aliphatic heterocycles. The third-order valence-electron chi connectivity index (χ3n) is 2.76. The van der Waals surface area contributed by atoms with E-state index in [0.29, 0.717) is 5.92 Å². The van der Waals surface area contributed by atoms with E-state index in [1.54, 1.807) is 0 Å². The highest BCUT2D eigenvalue weighted by Crippen LogP contribution is 2.19. The number of nitrogens with two attached hydrogens (primary N) is 1. The van der Waals surface area contributed by atoms with Gasteiger partial charge in [0.25, 0.3) is 6.47 Å². The summed E-state index contributed by atoms with van der Waals surface area (Å²) in [5.41, 5.74) is 6.00. The Labute approximate surface area is 94.1 Å². The first kappa shape index (κ1) is 16.8. The molecule has 92 valence electrons. The Hall–Kier alpha value is -0.570. The summed E-state index contributed by atoms with van der Waals surface area (Å²) in [5.74, 6) is 0.648. The van der Waals surface area contributed by atoms with Crippen LogP contribution in [-0.2, 0) is 4.79 Å². The van der Waals surface area contributed by atoms with E-state index < -0.39 is 0 Å². The van der Waals surface area contributed by atoms with Gasteiger partial charge in [0, 0.05) is 5.54 Å². The Balaban J connectivity index is 0. The molecule has 0 aromatic heterocycles. The van der Waals surface area contributed by atoms with Crippen LogP contribution in [0.15, 0.2) is 0 Å². The molecule has 0 aromatic rings. The van der Waals surface area contributed by atoms with Crippen LogP contribution in [0, 0.1) is 5.92 Å². The fourth-order valence-corrected chi connectivity index (χ4v) is 1.25. The molecule has 0 aliphatic rings.